The van der Waals surface area contributed by atoms with Gasteiger partial charge in [-0.1, -0.05) is 30.3 Å². The maximum atomic E-state index is 12.5. The highest BCUT2D eigenvalue weighted by atomic mass is 31.2. The first-order valence-corrected chi connectivity index (χ1v) is 9.62. The van der Waals surface area contributed by atoms with Gasteiger partial charge in [-0.05, 0) is 25.8 Å². The van der Waals surface area contributed by atoms with Gasteiger partial charge in [0.15, 0.2) is 0 Å². The van der Waals surface area contributed by atoms with Crippen molar-refractivity contribution >= 4 is 19.6 Å². The molecule has 0 bridgehead atoms. The highest BCUT2D eigenvalue weighted by Gasteiger charge is 2.41. The molecule has 0 spiro atoms. The minimum atomic E-state index is -3.56. The molecule has 2 rings (SSSR count). The van der Waals surface area contributed by atoms with Crippen molar-refractivity contribution in [2.24, 2.45) is 0 Å². The molecule has 1 aliphatic rings. The standard InChI is InChI=1S/C16H22NO6P/c1-3-22-24(20,23-4-2)12-15(18)17-14(11-21-16(17)19)10-13-8-6-5-7-9-13/h5-9,14H,3-4,10-12H2,1-2H3/t14-/m0/s1. The van der Waals surface area contributed by atoms with Gasteiger partial charge in [-0.2, -0.15) is 0 Å². The van der Waals surface area contributed by atoms with Crippen LogP contribution in [0.1, 0.15) is 19.4 Å². The monoisotopic (exact) mass is 355 g/mol. The summed E-state index contributed by atoms with van der Waals surface area (Å²) in [5.74, 6) is -0.608. The van der Waals surface area contributed by atoms with Crippen molar-refractivity contribution in [2.75, 3.05) is 26.0 Å². The van der Waals surface area contributed by atoms with E-state index >= 15 is 0 Å². The fourth-order valence-corrected chi connectivity index (χ4v) is 4.09. The molecule has 1 fully saturated rings. The number of amides is 2. The van der Waals surface area contributed by atoms with Gasteiger partial charge in [0, 0.05) is 0 Å². The number of rotatable bonds is 8. The predicted octanol–water partition coefficient (Wildman–Crippen LogP) is 2.84. The smallest absolute Gasteiger partial charge is 0.417 e. The molecule has 0 unspecified atom stereocenters. The minimum absolute atomic E-state index is 0.118. The third-order valence-corrected chi connectivity index (χ3v) is 5.49. The fraction of sp³-hybridized carbons (Fsp3) is 0.500. The predicted molar refractivity (Wildman–Crippen MR) is 87.9 cm³/mol. The van der Waals surface area contributed by atoms with E-state index in [0.717, 1.165) is 10.5 Å². The Balaban J connectivity index is 2.10. The number of hydrogen-bond donors (Lipinski definition) is 0. The van der Waals surface area contributed by atoms with Crippen LogP contribution in [-0.2, 0) is 29.6 Å². The highest BCUT2D eigenvalue weighted by Crippen LogP contribution is 2.48. The normalized spacial score (nSPS) is 17.8. The van der Waals surface area contributed by atoms with Crippen LogP contribution in [-0.4, -0.2) is 48.9 Å². The molecular formula is C16H22NO6P. The maximum Gasteiger partial charge on any atom is 0.417 e. The fourth-order valence-electron chi connectivity index (χ4n) is 2.57. The first-order chi connectivity index (χ1) is 11.5. The molecule has 1 heterocycles. The lowest BCUT2D eigenvalue weighted by Gasteiger charge is -2.22. The quantitative estimate of drug-likeness (QED) is 0.667. The highest BCUT2D eigenvalue weighted by molar-refractivity contribution is 7.54. The summed E-state index contributed by atoms with van der Waals surface area (Å²) in [5.41, 5.74) is 0.983. The van der Waals surface area contributed by atoms with Crippen LogP contribution < -0.4 is 0 Å². The maximum absolute atomic E-state index is 12.5. The molecular weight excluding hydrogens is 333 g/mol. The lowest BCUT2D eigenvalue weighted by atomic mass is 10.1. The SMILES string of the molecule is CCOP(=O)(CC(=O)N1C(=O)OC[C@@H]1Cc1ccccc1)OCC. The first-order valence-electron chi connectivity index (χ1n) is 7.90. The average molecular weight is 355 g/mol. The lowest BCUT2D eigenvalue weighted by molar-refractivity contribution is -0.126. The molecule has 1 aromatic rings. The number of nitrogens with zero attached hydrogens (tertiary/aromatic N) is 1. The van der Waals surface area contributed by atoms with Crippen LogP contribution in [0, 0.1) is 0 Å². The van der Waals surface area contributed by atoms with Crippen LogP contribution in [0.15, 0.2) is 30.3 Å². The Labute approximate surface area is 141 Å². The van der Waals surface area contributed by atoms with Crippen molar-refractivity contribution < 1.29 is 27.9 Å². The largest absolute Gasteiger partial charge is 0.447 e. The van der Waals surface area contributed by atoms with E-state index < -0.39 is 31.8 Å². The number of carbonyl (C=O) groups excluding carboxylic acids is 2. The molecule has 0 radical (unpaired) electrons. The zero-order valence-corrected chi connectivity index (χ0v) is 14.7. The molecule has 1 saturated heterocycles. The molecule has 2 amide bonds. The van der Waals surface area contributed by atoms with Gasteiger partial charge in [0.25, 0.3) is 0 Å². The van der Waals surface area contributed by atoms with E-state index in [0.29, 0.717) is 6.42 Å². The zero-order chi connectivity index (χ0) is 17.6. The summed E-state index contributed by atoms with van der Waals surface area (Å²) in [6, 6.07) is 9.06. The Morgan fingerprint density at radius 2 is 1.88 bits per heavy atom. The van der Waals surface area contributed by atoms with Crippen molar-refractivity contribution in [1.29, 1.82) is 0 Å². The summed E-state index contributed by atoms with van der Waals surface area (Å²) in [5, 5.41) is 0. The van der Waals surface area contributed by atoms with Crippen molar-refractivity contribution in [3.05, 3.63) is 35.9 Å². The van der Waals surface area contributed by atoms with Gasteiger partial charge in [-0.15, -0.1) is 0 Å². The van der Waals surface area contributed by atoms with Crippen molar-refractivity contribution in [3.8, 4) is 0 Å². The topological polar surface area (TPSA) is 82.1 Å². The van der Waals surface area contributed by atoms with Crippen LogP contribution in [0.25, 0.3) is 0 Å². The van der Waals surface area contributed by atoms with Crippen molar-refractivity contribution in [1.82, 2.24) is 4.90 Å². The van der Waals surface area contributed by atoms with Crippen LogP contribution in [0.5, 0.6) is 0 Å². The van der Waals surface area contributed by atoms with E-state index in [1.807, 2.05) is 30.3 Å². The van der Waals surface area contributed by atoms with Gasteiger partial charge in [-0.3, -0.25) is 9.36 Å². The van der Waals surface area contributed by atoms with Gasteiger partial charge >= 0.3 is 13.7 Å². The van der Waals surface area contributed by atoms with E-state index in [2.05, 4.69) is 0 Å². The molecule has 0 saturated carbocycles. The summed E-state index contributed by atoms with van der Waals surface area (Å²) in [7, 11) is -3.56. The number of ether oxygens (including phenoxy) is 1. The van der Waals surface area contributed by atoms with Crippen molar-refractivity contribution in [2.45, 2.75) is 26.3 Å². The summed E-state index contributed by atoms with van der Waals surface area (Å²) in [6.45, 7) is 3.76. The number of cyclic esters (lactones) is 1. The molecule has 24 heavy (non-hydrogen) atoms. The summed E-state index contributed by atoms with van der Waals surface area (Å²) in [4.78, 5) is 25.5. The molecule has 7 nitrogen and oxygen atoms in total. The summed E-state index contributed by atoms with van der Waals surface area (Å²) in [6.07, 6.45) is -0.721. The molecule has 8 heteroatoms. The van der Waals surface area contributed by atoms with Crippen LogP contribution in [0.4, 0.5) is 4.79 Å². The molecule has 0 aromatic heterocycles. The van der Waals surface area contributed by atoms with Gasteiger partial charge in [0.05, 0.1) is 19.3 Å². The van der Waals surface area contributed by atoms with Gasteiger partial charge in [0.2, 0.25) is 5.91 Å². The Hall–Kier alpha value is -1.69. The Morgan fingerprint density at radius 1 is 1.25 bits per heavy atom. The molecule has 1 aliphatic heterocycles. The Bertz CT molecular complexity index is 610. The molecule has 1 aromatic carbocycles. The molecule has 1 atom stereocenters. The third kappa shape index (κ3) is 4.66. The van der Waals surface area contributed by atoms with Crippen LogP contribution >= 0.6 is 7.60 Å². The van der Waals surface area contributed by atoms with Gasteiger partial charge < -0.3 is 13.8 Å². The second-order valence-electron chi connectivity index (χ2n) is 5.29. The van der Waals surface area contributed by atoms with E-state index in [4.69, 9.17) is 13.8 Å². The number of carbonyl (C=O) groups is 2. The van der Waals surface area contributed by atoms with Gasteiger partial charge in [0.1, 0.15) is 12.8 Å². The third-order valence-electron chi connectivity index (χ3n) is 3.52. The second kappa shape index (κ2) is 8.42. The van der Waals surface area contributed by atoms with Crippen LogP contribution in [0.3, 0.4) is 0 Å². The Kier molecular flexibility index (Phi) is 6.54. The Morgan fingerprint density at radius 3 is 2.46 bits per heavy atom. The van der Waals surface area contributed by atoms with Gasteiger partial charge in [-0.25, -0.2) is 9.69 Å². The molecule has 0 aliphatic carbocycles. The average Bonchev–Trinajstić information content (AvgIpc) is 2.89. The first kappa shape index (κ1) is 18.6. The van der Waals surface area contributed by atoms with E-state index in [-0.39, 0.29) is 19.8 Å². The van der Waals surface area contributed by atoms with Crippen LogP contribution in [0.2, 0.25) is 0 Å². The summed E-state index contributed by atoms with van der Waals surface area (Å²) >= 11 is 0. The second-order valence-corrected chi connectivity index (χ2v) is 7.34. The number of hydrogen-bond acceptors (Lipinski definition) is 6. The summed E-state index contributed by atoms with van der Waals surface area (Å²) < 4.78 is 27.8. The minimum Gasteiger partial charge on any atom is -0.447 e. The van der Waals surface area contributed by atoms with Crippen molar-refractivity contribution in [3.63, 3.8) is 0 Å². The number of imide groups is 1. The lowest BCUT2D eigenvalue weighted by Crippen LogP contribution is -2.41. The molecule has 0 N–H and O–H groups in total. The zero-order valence-electron chi connectivity index (χ0n) is 13.8. The van der Waals surface area contributed by atoms with E-state index in [1.54, 1.807) is 13.8 Å². The van der Waals surface area contributed by atoms with E-state index in [9.17, 15) is 14.2 Å². The van der Waals surface area contributed by atoms with E-state index in [1.165, 1.54) is 0 Å². The molecule has 132 valence electrons. The number of benzene rings is 1.